The highest BCUT2D eigenvalue weighted by Gasteiger charge is 2.14. The molecule has 1 fully saturated rings. The number of aromatic nitrogens is 1. The quantitative estimate of drug-likeness (QED) is 0.860. The first-order chi connectivity index (χ1) is 7.78. The lowest BCUT2D eigenvalue weighted by Crippen LogP contribution is -2.43. The summed E-state index contributed by atoms with van der Waals surface area (Å²) in [5, 5.41) is 4.30. The van der Waals surface area contributed by atoms with Gasteiger partial charge in [-0.2, -0.15) is 0 Å². The molecule has 0 amide bonds. The molecule has 0 radical (unpaired) electrons. The molecule has 0 saturated carbocycles. The topological polar surface area (TPSA) is 31.4 Å². The van der Waals surface area contributed by atoms with E-state index in [0.29, 0.717) is 0 Å². The molecule has 0 aromatic carbocycles. The van der Waals surface area contributed by atoms with Crippen molar-refractivity contribution < 1.29 is 0 Å². The van der Waals surface area contributed by atoms with E-state index in [9.17, 15) is 0 Å². The van der Waals surface area contributed by atoms with Crippen LogP contribution in [0.15, 0.2) is 6.20 Å². The minimum absolute atomic E-state index is 0.946. The van der Waals surface area contributed by atoms with Crippen molar-refractivity contribution in [1.82, 2.24) is 14.8 Å². The predicted molar refractivity (Wildman–Crippen MR) is 69.1 cm³/mol. The molecule has 0 aliphatic carbocycles. The molecule has 5 heteroatoms. The van der Waals surface area contributed by atoms with Crippen molar-refractivity contribution in [3.05, 3.63) is 11.1 Å². The molecule has 2 rings (SSSR count). The third-order valence-electron chi connectivity index (χ3n) is 2.86. The Morgan fingerprint density at radius 3 is 2.81 bits per heavy atom. The van der Waals surface area contributed by atoms with Crippen LogP contribution in [0.1, 0.15) is 11.8 Å². The molecule has 1 saturated heterocycles. The molecule has 90 valence electrons. The smallest absolute Gasteiger partial charge is 0.182 e. The van der Waals surface area contributed by atoms with Crippen molar-refractivity contribution in [2.24, 2.45) is 0 Å². The molecule has 0 unspecified atom stereocenters. The standard InChI is InChI=1S/C11H20N4S/c1-3-12-11-13-8-10(16-11)9-15-6-4-14(2)5-7-15/h8H,3-7,9H2,1-2H3,(H,12,13). The van der Waals surface area contributed by atoms with Crippen LogP contribution in [0.25, 0.3) is 0 Å². The van der Waals surface area contributed by atoms with E-state index in [1.165, 1.54) is 31.1 Å². The van der Waals surface area contributed by atoms with Gasteiger partial charge in [-0.3, -0.25) is 4.90 Å². The summed E-state index contributed by atoms with van der Waals surface area (Å²) in [6, 6.07) is 0. The molecule has 4 nitrogen and oxygen atoms in total. The van der Waals surface area contributed by atoms with Gasteiger partial charge in [-0.1, -0.05) is 0 Å². The summed E-state index contributed by atoms with van der Waals surface area (Å²) in [7, 11) is 2.19. The number of piperazine rings is 1. The Labute approximate surface area is 101 Å². The molecule has 0 spiro atoms. The van der Waals surface area contributed by atoms with Crippen LogP contribution in [-0.2, 0) is 6.54 Å². The number of nitrogens with one attached hydrogen (secondary N) is 1. The molecule has 1 aromatic rings. The number of hydrogen-bond acceptors (Lipinski definition) is 5. The summed E-state index contributed by atoms with van der Waals surface area (Å²) in [6.45, 7) is 8.80. The van der Waals surface area contributed by atoms with Crippen LogP contribution in [-0.4, -0.2) is 54.6 Å². The fourth-order valence-corrected chi connectivity index (χ4v) is 2.76. The molecule has 2 heterocycles. The van der Waals surface area contributed by atoms with Crippen LogP contribution in [0.2, 0.25) is 0 Å². The van der Waals surface area contributed by atoms with E-state index in [2.05, 4.69) is 34.1 Å². The van der Waals surface area contributed by atoms with Gasteiger partial charge in [0.05, 0.1) is 0 Å². The molecular weight excluding hydrogens is 220 g/mol. The lowest BCUT2D eigenvalue weighted by Gasteiger charge is -2.31. The molecule has 1 N–H and O–H groups in total. The Kier molecular flexibility index (Phi) is 4.15. The van der Waals surface area contributed by atoms with Crippen LogP contribution < -0.4 is 5.32 Å². The van der Waals surface area contributed by atoms with Crippen molar-refractivity contribution in [3.63, 3.8) is 0 Å². The van der Waals surface area contributed by atoms with Gasteiger partial charge in [-0.25, -0.2) is 4.98 Å². The first-order valence-electron chi connectivity index (χ1n) is 5.87. The van der Waals surface area contributed by atoms with Gasteiger partial charge in [-0.15, -0.1) is 11.3 Å². The van der Waals surface area contributed by atoms with E-state index < -0.39 is 0 Å². The zero-order valence-corrected chi connectivity index (χ0v) is 10.9. The van der Waals surface area contributed by atoms with Crippen molar-refractivity contribution in [3.8, 4) is 0 Å². The zero-order chi connectivity index (χ0) is 11.4. The third-order valence-corrected chi connectivity index (χ3v) is 3.80. The van der Waals surface area contributed by atoms with Gasteiger partial charge in [0, 0.05) is 50.3 Å². The fourth-order valence-electron chi connectivity index (χ4n) is 1.84. The molecule has 0 atom stereocenters. The average molecular weight is 240 g/mol. The highest BCUT2D eigenvalue weighted by Crippen LogP contribution is 2.19. The second-order valence-corrected chi connectivity index (χ2v) is 5.36. The Morgan fingerprint density at radius 2 is 2.12 bits per heavy atom. The van der Waals surface area contributed by atoms with Crippen LogP contribution in [0.4, 0.5) is 5.13 Å². The molecule has 1 aromatic heterocycles. The maximum atomic E-state index is 4.36. The SMILES string of the molecule is CCNc1ncc(CN2CCN(C)CC2)s1. The summed E-state index contributed by atoms with van der Waals surface area (Å²) in [4.78, 5) is 10.6. The fraction of sp³-hybridized carbons (Fsp3) is 0.727. The van der Waals surface area contributed by atoms with Crippen molar-refractivity contribution in [2.45, 2.75) is 13.5 Å². The van der Waals surface area contributed by atoms with Gasteiger partial charge in [0.25, 0.3) is 0 Å². The predicted octanol–water partition coefficient (Wildman–Crippen LogP) is 1.32. The Bertz CT molecular complexity index is 318. The summed E-state index contributed by atoms with van der Waals surface area (Å²) < 4.78 is 0. The number of nitrogens with zero attached hydrogens (tertiary/aromatic N) is 3. The zero-order valence-electron chi connectivity index (χ0n) is 10.1. The van der Waals surface area contributed by atoms with E-state index in [0.717, 1.165) is 18.2 Å². The molecule has 16 heavy (non-hydrogen) atoms. The minimum atomic E-state index is 0.946. The summed E-state index contributed by atoms with van der Waals surface area (Å²) in [5.41, 5.74) is 0. The first-order valence-corrected chi connectivity index (χ1v) is 6.69. The van der Waals surface area contributed by atoms with Gasteiger partial charge >= 0.3 is 0 Å². The highest BCUT2D eigenvalue weighted by atomic mass is 32.1. The lowest BCUT2D eigenvalue weighted by molar-refractivity contribution is 0.149. The average Bonchev–Trinajstić information content (AvgIpc) is 2.70. The number of thiazole rings is 1. The molecular formula is C11H20N4S. The minimum Gasteiger partial charge on any atom is -0.362 e. The Balaban J connectivity index is 1.83. The van der Waals surface area contributed by atoms with Gasteiger partial charge in [0.15, 0.2) is 5.13 Å². The summed E-state index contributed by atoms with van der Waals surface area (Å²) >= 11 is 1.77. The van der Waals surface area contributed by atoms with Crippen molar-refractivity contribution >= 4 is 16.5 Å². The Morgan fingerprint density at radius 1 is 1.38 bits per heavy atom. The van der Waals surface area contributed by atoms with Crippen LogP contribution in [0.3, 0.4) is 0 Å². The number of likely N-dealkylation sites (N-methyl/N-ethyl adjacent to an activating group) is 1. The van der Waals surface area contributed by atoms with Gasteiger partial charge in [0.2, 0.25) is 0 Å². The number of rotatable bonds is 4. The van der Waals surface area contributed by atoms with Gasteiger partial charge < -0.3 is 10.2 Å². The van der Waals surface area contributed by atoms with Crippen LogP contribution in [0.5, 0.6) is 0 Å². The summed E-state index contributed by atoms with van der Waals surface area (Å²) in [6.07, 6.45) is 2.00. The van der Waals surface area contributed by atoms with E-state index in [1.54, 1.807) is 11.3 Å². The van der Waals surface area contributed by atoms with Crippen molar-refractivity contribution in [2.75, 3.05) is 45.1 Å². The molecule has 1 aliphatic rings. The normalized spacial score (nSPS) is 18.9. The maximum Gasteiger partial charge on any atom is 0.182 e. The van der Waals surface area contributed by atoms with E-state index >= 15 is 0 Å². The highest BCUT2D eigenvalue weighted by molar-refractivity contribution is 7.15. The largest absolute Gasteiger partial charge is 0.362 e. The molecule has 0 bridgehead atoms. The summed E-state index contributed by atoms with van der Waals surface area (Å²) in [5.74, 6) is 0. The maximum absolute atomic E-state index is 4.36. The van der Waals surface area contributed by atoms with E-state index in [1.807, 2.05) is 6.20 Å². The number of anilines is 1. The van der Waals surface area contributed by atoms with Gasteiger partial charge in [-0.05, 0) is 14.0 Å². The first kappa shape index (κ1) is 11.8. The monoisotopic (exact) mass is 240 g/mol. The van der Waals surface area contributed by atoms with Crippen LogP contribution >= 0.6 is 11.3 Å². The third kappa shape index (κ3) is 3.17. The van der Waals surface area contributed by atoms with E-state index in [4.69, 9.17) is 0 Å². The van der Waals surface area contributed by atoms with E-state index in [-0.39, 0.29) is 0 Å². The lowest BCUT2D eigenvalue weighted by atomic mass is 10.3. The Hall–Kier alpha value is -0.650. The van der Waals surface area contributed by atoms with Crippen LogP contribution in [0, 0.1) is 0 Å². The van der Waals surface area contributed by atoms with Crippen molar-refractivity contribution in [1.29, 1.82) is 0 Å². The molecule has 1 aliphatic heterocycles. The second-order valence-electron chi connectivity index (χ2n) is 4.24. The number of hydrogen-bond donors (Lipinski definition) is 1. The second kappa shape index (κ2) is 5.61. The van der Waals surface area contributed by atoms with Gasteiger partial charge in [0.1, 0.15) is 0 Å².